The molecule has 0 saturated heterocycles. The first-order valence-electron chi connectivity index (χ1n) is 6.77. The predicted octanol–water partition coefficient (Wildman–Crippen LogP) is 2.37. The number of anilines is 1. The number of carbonyl (C=O) groups excluding carboxylic acids is 2. The minimum atomic E-state index is -0.667. The van der Waals surface area contributed by atoms with Crippen LogP contribution in [-0.2, 0) is 16.0 Å². The van der Waals surface area contributed by atoms with Gasteiger partial charge in [0.1, 0.15) is 0 Å². The Morgan fingerprint density at radius 1 is 1.14 bits per heavy atom. The normalized spacial score (nSPS) is 10.1. The minimum absolute atomic E-state index is 0.455. The van der Waals surface area contributed by atoms with E-state index in [0.29, 0.717) is 23.7 Å². The number of pyridine rings is 1. The molecule has 114 valence electrons. The first kappa shape index (κ1) is 16.0. The number of hydrogen-bond acceptors (Lipinski definition) is 3. The number of likely N-dealkylation sites (N-methyl/N-ethyl adjacent to an activating group) is 1. The van der Waals surface area contributed by atoms with Crippen LogP contribution in [0.5, 0.6) is 0 Å². The molecule has 2 aromatic rings. The van der Waals surface area contributed by atoms with Crippen LogP contribution in [-0.4, -0.2) is 35.3 Å². The van der Waals surface area contributed by atoms with Crippen LogP contribution < -0.4 is 5.32 Å². The lowest BCUT2D eigenvalue weighted by molar-refractivity contribution is -0.142. The van der Waals surface area contributed by atoms with Gasteiger partial charge in [-0.25, -0.2) is 0 Å². The van der Waals surface area contributed by atoms with Crippen molar-refractivity contribution in [2.75, 3.05) is 18.9 Å². The van der Waals surface area contributed by atoms with E-state index in [1.165, 1.54) is 4.90 Å². The third-order valence-corrected chi connectivity index (χ3v) is 3.38. The molecule has 6 heteroatoms. The molecular weight excluding hydrogens is 302 g/mol. The molecule has 0 unspecified atom stereocenters. The number of hydrogen-bond donors (Lipinski definition) is 1. The summed E-state index contributed by atoms with van der Waals surface area (Å²) in [6.07, 6.45) is 4.06. The summed E-state index contributed by atoms with van der Waals surface area (Å²) in [7, 11) is 1.60. The molecule has 0 aliphatic rings. The van der Waals surface area contributed by atoms with Crippen LogP contribution in [0.2, 0.25) is 5.02 Å². The predicted molar refractivity (Wildman–Crippen MR) is 85.7 cm³/mol. The van der Waals surface area contributed by atoms with Crippen molar-refractivity contribution < 1.29 is 9.59 Å². The Hall–Kier alpha value is -2.40. The molecule has 1 aromatic carbocycles. The Balaban J connectivity index is 1.86. The van der Waals surface area contributed by atoms with Crippen LogP contribution >= 0.6 is 11.6 Å². The number of nitrogens with one attached hydrogen (secondary N) is 1. The summed E-state index contributed by atoms with van der Waals surface area (Å²) in [5.74, 6) is -1.25. The highest BCUT2D eigenvalue weighted by molar-refractivity contribution is 6.39. The summed E-state index contributed by atoms with van der Waals surface area (Å²) in [6.45, 7) is 0.455. The monoisotopic (exact) mass is 317 g/mol. The van der Waals surface area contributed by atoms with E-state index >= 15 is 0 Å². The topological polar surface area (TPSA) is 62.3 Å². The number of rotatable bonds is 4. The van der Waals surface area contributed by atoms with Crippen molar-refractivity contribution in [2.24, 2.45) is 0 Å². The van der Waals surface area contributed by atoms with Gasteiger partial charge < -0.3 is 10.2 Å². The zero-order valence-electron chi connectivity index (χ0n) is 12.1. The van der Waals surface area contributed by atoms with E-state index in [2.05, 4.69) is 10.3 Å². The van der Waals surface area contributed by atoms with Crippen LogP contribution in [0.1, 0.15) is 5.56 Å². The van der Waals surface area contributed by atoms with E-state index < -0.39 is 11.8 Å². The van der Waals surface area contributed by atoms with Crippen molar-refractivity contribution in [3.05, 3.63) is 59.4 Å². The first-order valence-corrected chi connectivity index (χ1v) is 7.15. The van der Waals surface area contributed by atoms with Crippen LogP contribution in [0.4, 0.5) is 5.69 Å². The molecule has 5 nitrogen and oxygen atoms in total. The molecule has 0 atom stereocenters. The van der Waals surface area contributed by atoms with Crippen molar-refractivity contribution >= 4 is 29.1 Å². The van der Waals surface area contributed by atoms with Gasteiger partial charge in [-0.3, -0.25) is 14.6 Å². The summed E-state index contributed by atoms with van der Waals surface area (Å²) < 4.78 is 0. The van der Waals surface area contributed by atoms with Gasteiger partial charge in [-0.15, -0.1) is 0 Å². The van der Waals surface area contributed by atoms with Gasteiger partial charge in [0.25, 0.3) is 0 Å². The lowest BCUT2D eigenvalue weighted by Crippen LogP contribution is -2.38. The van der Waals surface area contributed by atoms with Crippen LogP contribution in [0.15, 0.2) is 48.8 Å². The quantitative estimate of drug-likeness (QED) is 0.881. The number of aromatic nitrogens is 1. The fourth-order valence-electron chi connectivity index (χ4n) is 1.84. The molecule has 0 radical (unpaired) electrons. The number of benzene rings is 1. The molecule has 0 bridgehead atoms. The smallest absolute Gasteiger partial charge is 0.313 e. The maximum atomic E-state index is 12.0. The van der Waals surface area contributed by atoms with Gasteiger partial charge in [0, 0.05) is 36.7 Å². The molecule has 22 heavy (non-hydrogen) atoms. The fraction of sp³-hybridized carbons (Fsp3) is 0.188. The molecule has 1 heterocycles. The lowest BCUT2D eigenvalue weighted by atomic mass is 10.2. The Bertz CT molecular complexity index is 644. The Kier molecular flexibility index (Phi) is 5.49. The highest BCUT2D eigenvalue weighted by Gasteiger charge is 2.18. The Morgan fingerprint density at radius 3 is 2.41 bits per heavy atom. The lowest BCUT2D eigenvalue weighted by Gasteiger charge is -2.16. The average molecular weight is 318 g/mol. The minimum Gasteiger partial charge on any atom is -0.337 e. The van der Waals surface area contributed by atoms with Gasteiger partial charge in [-0.05, 0) is 48.4 Å². The number of amides is 2. The molecule has 2 rings (SSSR count). The summed E-state index contributed by atoms with van der Waals surface area (Å²) >= 11 is 5.77. The van der Waals surface area contributed by atoms with Gasteiger partial charge in [-0.1, -0.05) is 11.6 Å². The first-order chi connectivity index (χ1) is 10.6. The van der Waals surface area contributed by atoms with Crippen LogP contribution in [0.3, 0.4) is 0 Å². The zero-order chi connectivity index (χ0) is 15.9. The molecule has 1 aromatic heterocycles. The highest BCUT2D eigenvalue weighted by atomic mass is 35.5. The fourth-order valence-corrected chi connectivity index (χ4v) is 1.96. The third-order valence-electron chi connectivity index (χ3n) is 3.13. The molecule has 0 aliphatic heterocycles. The van der Waals surface area contributed by atoms with E-state index in [4.69, 9.17) is 11.6 Å². The van der Waals surface area contributed by atoms with Crippen molar-refractivity contribution in [2.45, 2.75) is 6.42 Å². The van der Waals surface area contributed by atoms with E-state index in [-0.39, 0.29) is 0 Å². The van der Waals surface area contributed by atoms with E-state index in [1.54, 1.807) is 43.7 Å². The van der Waals surface area contributed by atoms with Crippen molar-refractivity contribution in [3.63, 3.8) is 0 Å². The maximum absolute atomic E-state index is 12.0. The van der Waals surface area contributed by atoms with Gasteiger partial charge in [0.2, 0.25) is 0 Å². The summed E-state index contributed by atoms with van der Waals surface area (Å²) in [4.78, 5) is 29.2. The van der Waals surface area contributed by atoms with E-state index in [9.17, 15) is 9.59 Å². The number of carbonyl (C=O) groups is 2. The molecule has 1 N–H and O–H groups in total. The highest BCUT2D eigenvalue weighted by Crippen LogP contribution is 2.13. The third kappa shape index (κ3) is 4.56. The largest absolute Gasteiger partial charge is 0.337 e. The van der Waals surface area contributed by atoms with Crippen LogP contribution in [0.25, 0.3) is 0 Å². The molecule has 0 saturated carbocycles. The molecule has 0 fully saturated rings. The Morgan fingerprint density at radius 2 is 1.77 bits per heavy atom. The van der Waals surface area contributed by atoms with Gasteiger partial charge >= 0.3 is 11.8 Å². The van der Waals surface area contributed by atoms with Gasteiger partial charge in [0.05, 0.1) is 0 Å². The van der Waals surface area contributed by atoms with Gasteiger partial charge in [-0.2, -0.15) is 0 Å². The second-order valence-corrected chi connectivity index (χ2v) is 5.23. The molecular formula is C16H16ClN3O2. The van der Waals surface area contributed by atoms with Crippen molar-refractivity contribution in [1.29, 1.82) is 0 Å². The molecule has 0 spiro atoms. The maximum Gasteiger partial charge on any atom is 0.313 e. The summed E-state index contributed by atoms with van der Waals surface area (Å²) in [5.41, 5.74) is 1.60. The van der Waals surface area contributed by atoms with Gasteiger partial charge in [0.15, 0.2) is 0 Å². The molecule has 0 aliphatic carbocycles. The van der Waals surface area contributed by atoms with Crippen molar-refractivity contribution in [3.8, 4) is 0 Å². The number of halogens is 1. The second kappa shape index (κ2) is 7.56. The standard InChI is InChI=1S/C16H16ClN3O2/c1-20(11-8-12-6-9-18-10-7-12)16(22)15(21)19-14-4-2-13(17)3-5-14/h2-7,9-10H,8,11H2,1H3,(H,19,21). The van der Waals surface area contributed by atoms with Crippen LogP contribution in [0, 0.1) is 0 Å². The van der Waals surface area contributed by atoms with Crippen molar-refractivity contribution in [1.82, 2.24) is 9.88 Å². The SMILES string of the molecule is CN(CCc1ccncc1)C(=O)C(=O)Nc1ccc(Cl)cc1. The van der Waals surface area contributed by atoms with E-state index in [0.717, 1.165) is 5.56 Å². The average Bonchev–Trinajstić information content (AvgIpc) is 2.55. The number of nitrogens with zero attached hydrogens (tertiary/aromatic N) is 2. The zero-order valence-corrected chi connectivity index (χ0v) is 12.9. The second-order valence-electron chi connectivity index (χ2n) is 4.79. The summed E-state index contributed by atoms with van der Waals surface area (Å²) in [6, 6.07) is 10.3. The Labute approximate surface area is 133 Å². The molecule has 2 amide bonds. The summed E-state index contributed by atoms with van der Waals surface area (Å²) in [5, 5.41) is 3.12. The van der Waals surface area contributed by atoms with E-state index in [1.807, 2.05) is 12.1 Å².